The predicted octanol–water partition coefficient (Wildman–Crippen LogP) is 1.91. The molecule has 1 amide bonds. The van der Waals surface area contributed by atoms with Gasteiger partial charge in [0.15, 0.2) is 5.65 Å². The standard InChI is InChI=1S/C13H16Cl2N4O/c1-8(16-2)5-17-12(20)4-10-7-19-6-9(14)3-11(15)13(19)18-10/h3,6-8,16H,4-5H2,1-2H3,(H,17,20). The van der Waals surface area contributed by atoms with Gasteiger partial charge in [-0.15, -0.1) is 0 Å². The number of imidazole rings is 1. The van der Waals surface area contributed by atoms with E-state index in [1.165, 1.54) is 0 Å². The van der Waals surface area contributed by atoms with E-state index in [1.54, 1.807) is 22.9 Å². The van der Waals surface area contributed by atoms with Crippen molar-refractivity contribution in [3.05, 3.63) is 34.2 Å². The van der Waals surface area contributed by atoms with E-state index in [-0.39, 0.29) is 18.4 Å². The Balaban J connectivity index is 2.06. The lowest BCUT2D eigenvalue weighted by Crippen LogP contribution is -2.37. The van der Waals surface area contributed by atoms with Crippen molar-refractivity contribution in [2.75, 3.05) is 13.6 Å². The van der Waals surface area contributed by atoms with E-state index >= 15 is 0 Å². The zero-order valence-electron chi connectivity index (χ0n) is 11.3. The van der Waals surface area contributed by atoms with E-state index in [1.807, 2.05) is 14.0 Å². The van der Waals surface area contributed by atoms with Crippen LogP contribution in [0.3, 0.4) is 0 Å². The van der Waals surface area contributed by atoms with Crippen LogP contribution < -0.4 is 10.6 Å². The first-order valence-electron chi connectivity index (χ1n) is 6.26. The molecule has 0 spiro atoms. The van der Waals surface area contributed by atoms with Crippen LogP contribution in [0.15, 0.2) is 18.5 Å². The van der Waals surface area contributed by atoms with E-state index < -0.39 is 0 Å². The Labute approximate surface area is 127 Å². The summed E-state index contributed by atoms with van der Waals surface area (Å²) in [6.45, 7) is 2.57. The number of amides is 1. The second-order valence-electron chi connectivity index (χ2n) is 4.64. The maximum absolute atomic E-state index is 11.8. The lowest BCUT2D eigenvalue weighted by Gasteiger charge is -2.10. The third-order valence-corrected chi connectivity index (χ3v) is 3.45. The van der Waals surface area contributed by atoms with Crippen molar-refractivity contribution in [2.24, 2.45) is 0 Å². The summed E-state index contributed by atoms with van der Waals surface area (Å²) in [7, 11) is 1.85. The number of hydrogen-bond acceptors (Lipinski definition) is 3. The first-order valence-corrected chi connectivity index (χ1v) is 7.01. The number of fused-ring (bicyclic) bond motifs is 1. The molecular formula is C13H16Cl2N4O. The lowest BCUT2D eigenvalue weighted by atomic mass is 10.3. The zero-order valence-corrected chi connectivity index (χ0v) is 12.8. The third-order valence-electron chi connectivity index (χ3n) is 2.96. The Morgan fingerprint density at radius 3 is 2.90 bits per heavy atom. The molecule has 20 heavy (non-hydrogen) atoms. The van der Waals surface area contributed by atoms with Crippen molar-refractivity contribution in [3.8, 4) is 0 Å². The van der Waals surface area contributed by atoms with Crippen LogP contribution in [0, 0.1) is 0 Å². The number of likely N-dealkylation sites (N-methyl/N-ethyl adjacent to an activating group) is 1. The lowest BCUT2D eigenvalue weighted by molar-refractivity contribution is -0.120. The maximum atomic E-state index is 11.8. The largest absolute Gasteiger partial charge is 0.354 e. The summed E-state index contributed by atoms with van der Waals surface area (Å²) in [5, 5.41) is 6.89. The van der Waals surface area contributed by atoms with Gasteiger partial charge in [-0.2, -0.15) is 0 Å². The number of hydrogen-bond donors (Lipinski definition) is 2. The summed E-state index contributed by atoms with van der Waals surface area (Å²) < 4.78 is 1.73. The second kappa shape index (κ2) is 6.43. The minimum atomic E-state index is -0.0716. The molecule has 108 valence electrons. The smallest absolute Gasteiger partial charge is 0.226 e. The van der Waals surface area contributed by atoms with Gasteiger partial charge in [-0.25, -0.2) is 4.98 Å². The molecule has 2 rings (SSSR count). The van der Waals surface area contributed by atoms with Crippen molar-refractivity contribution < 1.29 is 4.79 Å². The van der Waals surface area contributed by atoms with Crippen LogP contribution in [0.2, 0.25) is 10.0 Å². The Morgan fingerprint density at radius 1 is 1.45 bits per heavy atom. The molecule has 1 atom stereocenters. The molecule has 0 aliphatic rings. The minimum Gasteiger partial charge on any atom is -0.354 e. The van der Waals surface area contributed by atoms with E-state index in [4.69, 9.17) is 23.2 Å². The van der Waals surface area contributed by atoms with Gasteiger partial charge < -0.3 is 15.0 Å². The normalized spacial score (nSPS) is 12.6. The number of carbonyl (C=O) groups excluding carboxylic acids is 1. The van der Waals surface area contributed by atoms with Gasteiger partial charge in [0, 0.05) is 25.0 Å². The molecule has 2 N–H and O–H groups in total. The fraction of sp³-hybridized carbons (Fsp3) is 0.385. The number of halogens is 2. The first-order chi connectivity index (χ1) is 9.49. The molecule has 0 aliphatic heterocycles. The van der Waals surface area contributed by atoms with Crippen LogP contribution >= 0.6 is 23.2 Å². The van der Waals surface area contributed by atoms with Crippen molar-refractivity contribution >= 4 is 34.8 Å². The average molecular weight is 315 g/mol. The van der Waals surface area contributed by atoms with Crippen molar-refractivity contribution in [2.45, 2.75) is 19.4 Å². The fourth-order valence-corrected chi connectivity index (χ4v) is 2.28. The van der Waals surface area contributed by atoms with Gasteiger partial charge in [-0.05, 0) is 20.0 Å². The molecular weight excluding hydrogens is 299 g/mol. The van der Waals surface area contributed by atoms with Gasteiger partial charge in [0.25, 0.3) is 0 Å². The van der Waals surface area contributed by atoms with Crippen molar-refractivity contribution in [1.29, 1.82) is 0 Å². The molecule has 0 saturated carbocycles. The summed E-state index contributed by atoms with van der Waals surface area (Å²) in [6, 6.07) is 1.86. The highest BCUT2D eigenvalue weighted by molar-refractivity contribution is 6.36. The van der Waals surface area contributed by atoms with Gasteiger partial charge in [-0.3, -0.25) is 4.79 Å². The molecule has 0 radical (unpaired) electrons. The first kappa shape index (κ1) is 15.1. The Morgan fingerprint density at radius 2 is 2.20 bits per heavy atom. The Kier molecular flexibility index (Phi) is 4.86. The van der Waals surface area contributed by atoms with Crippen LogP contribution in [0.1, 0.15) is 12.6 Å². The van der Waals surface area contributed by atoms with Gasteiger partial charge in [-0.1, -0.05) is 23.2 Å². The topological polar surface area (TPSA) is 58.4 Å². The summed E-state index contributed by atoms with van der Waals surface area (Å²) in [5.74, 6) is -0.0716. The van der Waals surface area contributed by atoms with Crippen LogP contribution in [0.5, 0.6) is 0 Å². The Bertz CT molecular complexity index is 626. The average Bonchev–Trinajstić information content (AvgIpc) is 2.78. The zero-order chi connectivity index (χ0) is 14.7. The van der Waals surface area contributed by atoms with Gasteiger partial charge >= 0.3 is 0 Å². The van der Waals surface area contributed by atoms with Crippen LogP contribution in [0.25, 0.3) is 5.65 Å². The molecule has 0 fully saturated rings. The molecule has 2 heterocycles. The third kappa shape index (κ3) is 3.62. The number of pyridine rings is 1. The van der Waals surface area contributed by atoms with Crippen LogP contribution in [0.4, 0.5) is 0 Å². The summed E-state index contributed by atoms with van der Waals surface area (Å²) in [5.41, 5.74) is 1.26. The molecule has 0 aliphatic carbocycles. The second-order valence-corrected chi connectivity index (χ2v) is 5.48. The predicted molar refractivity (Wildman–Crippen MR) is 80.4 cm³/mol. The van der Waals surface area contributed by atoms with E-state index in [0.29, 0.717) is 27.9 Å². The van der Waals surface area contributed by atoms with Crippen LogP contribution in [-0.2, 0) is 11.2 Å². The number of nitrogens with one attached hydrogen (secondary N) is 2. The van der Waals surface area contributed by atoms with E-state index in [2.05, 4.69) is 15.6 Å². The van der Waals surface area contributed by atoms with E-state index in [9.17, 15) is 4.79 Å². The van der Waals surface area contributed by atoms with Gasteiger partial charge in [0.1, 0.15) is 0 Å². The maximum Gasteiger partial charge on any atom is 0.226 e. The van der Waals surface area contributed by atoms with Crippen LogP contribution in [-0.4, -0.2) is 34.9 Å². The highest BCUT2D eigenvalue weighted by atomic mass is 35.5. The number of carbonyl (C=O) groups is 1. The molecule has 7 heteroatoms. The molecule has 1 unspecified atom stereocenters. The molecule has 0 saturated heterocycles. The molecule has 2 aromatic rings. The molecule has 5 nitrogen and oxygen atoms in total. The quantitative estimate of drug-likeness (QED) is 0.886. The van der Waals surface area contributed by atoms with Gasteiger partial charge in [0.05, 0.1) is 22.2 Å². The minimum absolute atomic E-state index is 0.0716. The summed E-state index contributed by atoms with van der Waals surface area (Å²) >= 11 is 12.0. The van der Waals surface area contributed by atoms with E-state index in [0.717, 1.165) is 0 Å². The van der Waals surface area contributed by atoms with Gasteiger partial charge in [0.2, 0.25) is 5.91 Å². The Hall–Kier alpha value is -1.30. The molecule has 0 aromatic carbocycles. The molecule has 2 aromatic heterocycles. The highest BCUT2D eigenvalue weighted by Crippen LogP contribution is 2.21. The summed E-state index contributed by atoms with van der Waals surface area (Å²) in [4.78, 5) is 16.2. The highest BCUT2D eigenvalue weighted by Gasteiger charge is 2.10. The SMILES string of the molecule is CNC(C)CNC(=O)Cc1cn2cc(Cl)cc(Cl)c2n1. The number of nitrogens with zero attached hydrogens (tertiary/aromatic N) is 2. The van der Waals surface area contributed by atoms with Crippen molar-refractivity contribution in [1.82, 2.24) is 20.0 Å². The number of rotatable bonds is 5. The monoisotopic (exact) mass is 314 g/mol. The summed E-state index contributed by atoms with van der Waals surface area (Å²) in [6.07, 6.45) is 3.68. The molecule has 0 bridgehead atoms. The van der Waals surface area contributed by atoms with Crippen molar-refractivity contribution in [3.63, 3.8) is 0 Å². The fourth-order valence-electron chi connectivity index (χ4n) is 1.76. The number of aromatic nitrogens is 2.